The van der Waals surface area contributed by atoms with Crippen LogP contribution in [-0.2, 0) is 0 Å². The van der Waals surface area contributed by atoms with Crippen LogP contribution in [0, 0.1) is 11.6 Å². The van der Waals surface area contributed by atoms with Crippen molar-refractivity contribution < 1.29 is 13.9 Å². The third kappa shape index (κ3) is 3.56. The van der Waals surface area contributed by atoms with Crippen molar-refractivity contribution in [1.29, 1.82) is 0 Å². The minimum atomic E-state index is -0.835. The summed E-state index contributed by atoms with van der Waals surface area (Å²) in [6, 6.07) is 0.790. The third-order valence-corrected chi connectivity index (χ3v) is 3.79. The lowest BCUT2D eigenvalue weighted by atomic mass is 9.94. The van der Waals surface area contributed by atoms with Crippen LogP contribution in [-0.4, -0.2) is 29.3 Å². The summed E-state index contributed by atoms with van der Waals surface area (Å²) in [6.45, 7) is 0.228. The third-order valence-electron chi connectivity index (χ3n) is 3.79. The molecule has 0 atom stereocenters. The van der Waals surface area contributed by atoms with Crippen molar-refractivity contribution in [2.75, 3.05) is 24.2 Å². The van der Waals surface area contributed by atoms with Gasteiger partial charge in [0.25, 0.3) is 0 Å². The summed E-state index contributed by atoms with van der Waals surface area (Å²) in [5.74, 6) is -1.53. The molecule has 1 saturated carbocycles. The zero-order valence-electron chi connectivity index (χ0n) is 11.7. The molecule has 0 spiro atoms. The quantitative estimate of drug-likeness (QED) is 0.745. The van der Waals surface area contributed by atoms with E-state index < -0.39 is 17.2 Å². The molecule has 3 N–H and O–H groups in total. The van der Waals surface area contributed by atoms with E-state index in [1.54, 1.807) is 0 Å². The highest BCUT2D eigenvalue weighted by atomic mass is 19.1. The Hall–Kier alpha value is -1.43. The molecule has 20 heavy (non-hydrogen) atoms. The summed E-state index contributed by atoms with van der Waals surface area (Å²) < 4.78 is 27.0. The van der Waals surface area contributed by atoms with Crippen LogP contribution < -0.4 is 10.6 Å². The van der Waals surface area contributed by atoms with Gasteiger partial charge in [-0.3, -0.25) is 0 Å². The molecule has 0 saturated heterocycles. The zero-order valence-corrected chi connectivity index (χ0v) is 11.7. The van der Waals surface area contributed by atoms with E-state index in [9.17, 15) is 13.9 Å². The molecule has 1 aromatic heterocycles. The summed E-state index contributed by atoms with van der Waals surface area (Å²) in [6.07, 6.45) is 5.58. The number of hydrogen-bond acceptors (Lipinski definition) is 4. The molecule has 1 aliphatic rings. The van der Waals surface area contributed by atoms with Crippen molar-refractivity contribution in [3.05, 3.63) is 17.7 Å². The number of halogens is 2. The lowest BCUT2D eigenvalue weighted by Crippen LogP contribution is -2.36. The maximum atomic E-state index is 13.7. The highest BCUT2D eigenvalue weighted by molar-refractivity contribution is 5.47. The molecule has 112 valence electrons. The van der Waals surface area contributed by atoms with Crippen LogP contribution in [0.4, 0.5) is 20.4 Å². The molecule has 0 amide bonds. The molecule has 6 heteroatoms. The van der Waals surface area contributed by atoms with Gasteiger partial charge in [0, 0.05) is 19.7 Å². The molecule has 1 aromatic rings. The van der Waals surface area contributed by atoms with Crippen molar-refractivity contribution >= 4 is 11.6 Å². The number of aromatic nitrogens is 1. The molecule has 2 rings (SSSR count). The monoisotopic (exact) mass is 285 g/mol. The van der Waals surface area contributed by atoms with Gasteiger partial charge in [-0.15, -0.1) is 0 Å². The molecule has 1 aliphatic carbocycles. The molecule has 0 aliphatic heterocycles. The van der Waals surface area contributed by atoms with Crippen LogP contribution in [0.3, 0.4) is 0 Å². The average molecular weight is 285 g/mol. The van der Waals surface area contributed by atoms with Crippen LogP contribution >= 0.6 is 0 Å². The Bertz CT molecular complexity index is 460. The van der Waals surface area contributed by atoms with Crippen molar-refractivity contribution in [1.82, 2.24) is 4.98 Å². The number of hydrogen-bond donors (Lipinski definition) is 3. The summed E-state index contributed by atoms with van der Waals surface area (Å²) in [7, 11) is 1.52. The summed E-state index contributed by atoms with van der Waals surface area (Å²) in [4.78, 5) is 3.85. The molecular formula is C14H21F2N3O. The first-order chi connectivity index (χ1) is 9.54. The molecule has 0 aromatic carbocycles. The lowest BCUT2D eigenvalue weighted by Gasteiger charge is -2.27. The molecule has 0 bridgehead atoms. The van der Waals surface area contributed by atoms with E-state index in [0.29, 0.717) is 12.8 Å². The minimum absolute atomic E-state index is 0.0123. The Morgan fingerprint density at radius 2 is 1.75 bits per heavy atom. The van der Waals surface area contributed by atoms with Gasteiger partial charge >= 0.3 is 0 Å². The van der Waals surface area contributed by atoms with Gasteiger partial charge in [0.1, 0.15) is 0 Å². The molecule has 0 unspecified atom stereocenters. The van der Waals surface area contributed by atoms with Gasteiger partial charge in [-0.1, -0.05) is 25.7 Å². The highest BCUT2D eigenvalue weighted by Gasteiger charge is 2.28. The first kappa shape index (κ1) is 15.0. The molecular weight excluding hydrogens is 264 g/mol. The second-order valence-electron chi connectivity index (χ2n) is 5.39. The zero-order chi connectivity index (χ0) is 14.6. The Morgan fingerprint density at radius 3 is 2.35 bits per heavy atom. The van der Waals surface area contributed by atoms with E-state index in [2.05, 4.69) is 15.6 Å². The molecule has 1 fully saturated rings. The first-order valence-electron chi connectivity index (χ1n) is 7.04. The van der Waals surface area contributed by atoms with Gasteiger partial charge in [0.15, 0.2) is 23.3 Å². The first-order valence-corrected chi connectivity index (χ1v) is 7.04. The number of rotatable bonds is 4. The Labute approximate surface area is 117 Å². The van der Waals surface area contributed by atoms with Crippen LogP contribution in [0.2, 0.25) is 0 Å². The SMILES string of the molecule is CNc1nc(NCC2(O)CCCCCC2)c(F)cc1F. The number of aliphatic hydroxyl groups is 1. The standard InChI is InChI=1S/C14H21F2N3O/c1-17-12-10(15)8-11(16)13(19-12)18-9-14(20)6-4-2-3-5-7-14/h8,20H,2-7,9H2,1H3,(H2,17,18,19). The van der Waals surface area contributed by atoms with Crippen LogP contribution in [0.5, 0.6) is 0 Å². The maximum Gasteiger partial charge on any atom is 0.168 e. The highest BCUT2D eigenvalue weighted by Crippen LogP contribution is 2.28. The number of anilines is 2. The van der Waals surface area contributed by atoms with Crippen molar-refractivity contribution in [3.63, 3.8) is 0 Å². The second-order valence-corrected chi connectivity index (χ2v) is 5.39. The van der Waals surface area contributed by atoms with Gasteiger partial charge in [-0.25, -0.2) is 13.8 Å². The van der Waals surface area contributed by atoms with E-state index in [1.165, 1.54) is 7.05 Å². The minimum Gasteiger partial charge on any atom is -0.388 e. The van der Waals surface area contributed by atoms with Gasteiger partial charge in [0.2, 0.25) is 0 Å². The van der Waals surface area contributed by atoms with E-state index in [0.717, 1.165) is 31.7 Å². The van der Waals surface area contributed by atoms with Crippen molar-refractivity contribution in [2.24, 2.45) is 0 Å². The van der Waals surface area contributed by atoms with Crippen molar-refractivity contribution in [2.45, 2.75) is 44.1 Å². The molecule has 4 nitrogen and oxygen atoms in total. The molecule has 1 heterocycles. The van der Waals surface area contributed by atoms with Crippen LogP contribution in [0.25, 0.3) is 0 Å². The fourth-order valence-electron chi connectivity index (χ4n) is 2.58. The van der Waals surface area contributed by atoms with E-state index in [4.69, 9.17) is 0 Å². The fraction of sp³-hybridized carbons (Fsp3) is 0.643. The Morgan fingerprint density at radius 1 is 1.15 bits per heavy atom. The summed E-state index contributed by atoms with van der Waals surface area (Å²) in [5.41, 5.74) is -0.835. The number of pyridine rings is 1. The Kier molecular flexibility index (Phi) is 4.75. The molecule has 0 radical (unpaired) electrons. The summed E-state index contributed by atoms with van der Waals surface area (Å²) >= 11 is 0. The van der Waals surface area contributed by atoms with E-state index >= 15 is 0 Å². The topological polar surface area (TPSA) is 57.2 Å². The van der Waals surface area contributed by atoms with Gasteiger partial charge in [0.05, 0.1) is 5.60 Å². The summed E-state index contributed by atoms with van der Waals surface area (Å²) in [5, 5.41) is 15.9. The normalized spacial score (nSPS) is 18.4. The van der Waals surface area contributed by atoms with Crippen molar-refractivity contribution in [3.8, 4) is 0 Å². The predicted octanol–water partition coefficient (Wildman–Crippen LogP) is 2.90. The van der Waals surface area contributed by atoms with Gasteiger partial charge in [-0.2, -0.15) is 0 Å². The van der Waals surface area contributed by atoms with E-state index in [1.807, 2.05) is 0 Å². The smallest absolute Gasteiger partial charge is 0.168 e. The number of nitrogens with one attached hydrogen (secondary N) is 2. The maximum absolute atomic E-state index is 13.7. The lowest BCUT2D eigenvalue weighted by molar-refractivity contribution is 0.0380. The van der Waals surface area contributed by atoms with Gasteiger partial charge < -0.3 is 15.7 Å². The average Bonchev–Trinajstić information content (AvgIpc) is 2.63. The van der Waals surface area contributed by atoms with Crippen LogP contribution in [0.1, 0.15) is 38.5 Å². The second kappa shape index (κ2) is 6.35. The fourth-order valence-corrected chi connectivity index (χ4v) is 2.58. The largest absolute Gasteiger partial charge is 0.388 e. The van der Waals surface area contributed by atoms with Gasteiger partial charge in [-0.05, 0) is 12.8 Å². The van der Waals surface area contributed by atoms with E-state index in [-0.39, 0.29) is 18.2 Å². The Balaban J connectivity index is 2.06. The predicted molar refractivity (Wildman–Crippen MR) is 74.8 cm³/mol. The number of nitrogens with zero attached hydrogens (tertiary/aromatic N) is 1. The van der Waals surface area contributed by atoms with Crippen LogP contribution in [0.15, 0.2) is 6.07 Å².